The Bertz CT molecular complexity index is 662. The average molecular weight is 300 g/mol. The van der Waals surface area contributed by atoms with Crippen molar-refractivity contribution in [2.45, 2.75) is 26.5 Å². The van der Waals surface area contributed by atoms with E-state index in [4.69, 9.17) is 4.84 Å². The zero-order valence-corrected chi connectivity index (χ0v) is 12.8. The number of rotatable bonds is 3. The van der Waals surface area contributed by atoms with Crippen molar-refractivity contribution in [3.8, 4) is 0 Å². The molecule has 4 nitrogen and oxygen atoms in total. The number of thiophene rings is 1. The van der Waals surface area contributed by atoms with Gasteiger partial charge in [0.1, 0.15) is 0 Å². The molecule has 0 spiro atoms. The van der Waals surface area contributed by atoms with Gasteiger partial charge in [-0.05, 0) is 30.9 Å². The van der Waals surface area contributed by atoms with E-state index >= 15 is 0 Å². The van der Waals surface area contributed by atoms with Crippen LogP contribution in [0.15, 0.2) is 46.9 Å². The fourth-order valence-electron chi connectivity index (χ4n) is 2.16. The third kappa shape index (κ3) is 2.83. The fourth-order valence-corrected chi connectivity index (χ4v) is 2.87. The maximum atomic E-state index is 12.4. The van der Waals surface area contributed by atoms with Gasteiger partial charge in [-0.1, -0.05) is 41.1 Å². The molecule has 1 atom stereocenters. The molecule has 0 N–H and O–H groups in total. The van der Waals surface area contributed by atoms with Gasteiger partial charge in [0.15, 0.2) is 5.84 Å². The Morgan fingerprint density at radius 1 is 1.29 bits per heavy atom. The van der Waals surface area contributed by atoms with Gasteiger partial charge in [-0.3, -0.25) is 9.69 Å². The number of nitrogens with zero attached hydrogens (tertiary/aromatic N) is 2. The molecule has 0 saturated carbocycles. The first-order valence-corrected chi connectivity index (χ1v) is 7.68. The van der Waals surface area contributed by atoms with E-state index in [0.717, 1.165) is 10.4 Å². The van der Waals surface area contributed by atoms with Crippen molar-refractivity contribution >= 4 is 23.1 Å². The van der Waals surface area contributed by atoms with Crippen molar-refractivity contribution in [2.75, 3.05) is 0 Å². The summed E-state index contributed by atoms with van der Waals surface area (Å²) in [7, 11) is 0. The zero-order valence-electron chi connectivity index (χ0n) is 11.9. The van der Waals surface area contributed by atoms with Crippen LogP contribution in [0, 0.1) is 6.92 Å². The molecule has 3 rings (SSSR count). The molecule has 1 aliphatic rings. The molecule has 21 heavy (non-hydrogen) atoms. The molecule has 5 heteroatoms. The lowest BCUT2D eigenvalue weighted by atomic mass is 10.1. The predicted octanol–water partition coefficient (Wildman–Crippen LogP) is 3.17. The lowest BCUT2D eigenvalue weighted by Crippen LogP contribution is -2.46. The number of hydrogen-bond donors (Lipinski definition) is 0. The smallest absolute Gasteiger partial charge is 0.272 e. The molecular weight excluding hydrogens is 284 g/mol. The predicted molar refractivity (Wildman–Crippen MR) is 83.1 cm³/mol. The van der Waals surface area contributed by atoms with Crippen molar-refractivity contribution in [3.63, 3.8) is 0 Å². The van der Waals surface area contributed by atoms with Crippen LogP contribution >= 0.6 is 11.3 Å². The summed E-state index contributed by atoms with van der Waals surface area (Å²) in [6, 6.07) is 12.0. The molecule has 1 aliphatic heterocycles. The highest BCUT2D eigenvalue weighted by atomic mass is 32.1. The van der Waals surface area contributed by atoms with Crippen LogP contribution in [0.2, 0.25) is 0 Å². The second kappa shape index (κ2) is 5.69. The van der Waals surface area contributed by atoms with Gasteiger partial charge < -0.3 is 4.84 Å². The first kappa shape index (κ1) is 13.8. The maximum absolute atomic E-state index is 12.4. The van der Waals surface area contributed by atoms with E-state index in [1.165, 1.54) is 5.56 Å². The molecule has 1 amide bonds. The Morgan fingerprint density at radius 2 is 2.05 bits per heavy atom. The van der Waals surface area contributed by atoms with Crippen LogP contribution in [0.4, 0.5) is 0 Å². The van der Waals surface area contributed by atoms with E-state index in [1.54, 1.807) is 23.2 Å². The van der Waals surface area contributed by atoms with Crippen LogP contribution < -0.4 is 0 Å². The molecule has 1 aromatic heterocycles. The first-order chi connectivity index (χ1) is 10.1. The molecule has 1 aromatic carbocycles. The summed E-state index contributed by atoms with van der Waals surface area (Å²) in [5.41, 5.74) is 2.28. The molecule has 0 bridgehead atoms. The van der Waals surface area contributed by atoms with Crippen molar-refractivity contribution in [3.05, 3.63) is 57.8 Å². The van der Waals surface area contributed by atoms with Crippen molar-refractivity contribution < 1.29 is 9.63 Å². The number of hydrogen-bond acceptors (Lipinski definition) is 4. The summed E-state index contributed by atoms with van der Waals surface area (Å²) in [6.07, 6.45) is -0.542. The van der Waals surface area contributed by atoms with Crippen LogP contribution in [-0.4, -0.2) is 22.7 Å². The lowest BCUT2D eigenvalue weighted by molar-refractivity contribution is -0.142. The van der Waals surface area contributed by atoms with E-state index in [2.05, 4.69) is 5.16 Å². The van der Waals surface area contributed by atoms with Crippen LogP contribution in [0.5, 0.6) is 0 Å². The summed E-state index contributed by atoms with van der Waals surface area (Å²) >= 11 is 1.54. The highest BCUT2D eigenvalue weighted by Crippen LogP contribution is 2.21. The van der Waals surface area contributed by atoms with Gasteiger partial charge >= 0.3 is 0 Å². The second-order valence-corrected chi connectivity index (χ2v) is 6.00. The molecule has 0 radical (unpaired) electrons. The summed E-state index contributed by atoms with van der Waals surface area (Å²) in [4.78, 5) is 20.3. The van der Waals surface area contributed by atoms with Gasteiger partial charge in [-0.2, -0.15) is 0 Å². The molecular formula is C16H16N2O2S. The zero-order chi connectivity index (χ0) is 14.8. The third-order valence-electron chi connectivity index (χ3n) is 3.37. The number of carbonyl (C=O) groups excluding carboxylic acids is 1. The lowest BCUT2D eigenvalue weighted by Gasteiger charge is -2.29. The van der Waals surface area contributed by atoms with Crippen LogP contribution in [0.25, 0.3) is 0 Å². The third-order valence-corrected chi connectivity index (χ3v) is 4.24. The second-order valence-electron chi connectivity index (χ2n) is 5.05. The van der Waals surface area contributed by atoms with Gasteiger partial charge in [0.2, 0.25) is 6.10 Å². The average Bonchev–Trinajstić information content (AvgIpc) is 3.00. The summed E-state index contributed by atoms with van der Waals surface area (Å²) in [6.45, 7) is 4.27. The summed E-state index contributed by atoms with van der Waals surface area (Å²) in [5.74, 6) is 0.530. The van der Waals surface area contributed by atoms with Crippen LogP contribution in [0.1, 0.15) is 22.9 Å². The maximum Gasteiger partial charge on any atom is 0.272 e. The molecule has 2 heterocycles. The van der Waals surface area contributed by atoms with Crippen molar-refractivity contribution in [2.24, 2.45) is 5.16 Å². The van der Waals surface area contributed by atoms with E-state index in [0.29, 0.717) is 12.4 Å². The standard InChI is InChI=1S/C16H16N2O2S/c1-11-5-7-13(8-6-11)10-18-15(14-4-3-9-21-14)17-20-12(2)16(18)19/h3-9,12H,10H2,1-2H3. The largest absolute Gasteiger partial charge is 0.381 e. The van der Waals surface area contributed by atoms with Gasteiger partial charge in [0, 0.05) is 0 Å². The van der Waals surface area contributed by atoms with Gasteiger partial charge in [0.05, 0.1) is 11.4 Å². The number of carbonyl (C=O) groups is 1. The molecule has 0 fully saturated rings. The minimum Gasteiger partial charge on any atom is -0.381 e. The van der Waals surface area contributed by atoms with E-state index in [-0.39, 0.29) is 5.91 Å². The highest BCUT2D eigenvalue weighted by Gasteiger charge is 2.32. The SMILES string of the molecule is Cc1ccc(CN2C(=O)C(C)ON=C2c2cccs2)cc1. The first-order valence-electron chi connectivity index (χ1n) is 6.80. The number of amidine groups is 1. The van der Waals surface area contributed by atoms with E-state index < -0.39 is 6.10 Å². The molecule has 1 unspecified atom stereocenters. The Hall–Kier alpha value is -2.14. The molecule has 0 aliphatic carbocycles. The van der Waals surface area contributed by atoms with Crippen LogP contribution in [-0.2, 0) is 16.2 Å². The minimum absolute atomic E-state index is 0.0611. The normalized spacial score (nSPS) is 18.4. The van der Waals surface area contributed by atoms with Gasteiger partial charge in [-0.15, -0.1) is 11.3 Å². The minimum atomic E-state index is -0.542. The Kier molecular flexibility index (Phi) is 3.75. The Balaban J connectivity index is 1.91. The molecule has 108 valence electrons. The number of amides is 1. The summed E-state index contributed by atoms with van der Waals surface area (Å²) < 4.78 is 0. The fraction of sp³-hybridized carbons (Fsp3) is 0.250. The van der Waals surface area contributed by atoms with Crippen molar-refractivity contribution in [1.29, 1.82) is 0 Å². The monoisotopic (exact) mass is 300 g/mol. The number of aryl methyl sites for hydroxylation is 1. The highest BCUT2D eigenvalue weighted by molar-refractivity contribution is 7.12. The number of oxime groups is 1. The van der Waals surface area contributed by atoms with Crippen LogP contribution in [0.3, 0.4) is 0 Å². The van der Waals surface area contributed by atoms with Gasteiger partial charge in [-0.25, -0.2) is 0 Å². The van der Waals surface area contributed by atoms with Crippen molar-refractivity contribution in [1.82, 2.24) is 4.90 Å². The Labute approximate surface area is 127 Å². The van der Waals surface area contributed by atoms with E-state index in [9.17, 15) is 4.79 Å². The molecule has 0 saturated heterocycles. The summed E-state index contributed by atoms with van der Waals surface area (Å²) in [5, 5.41) is 6.09. The van der Waals surface area contributed by atoms with E-state index in [1.807, 2.05) is 48.7 Å². The quantitative estimate of drug-likeness (QED) is 0.873. The van der Waals surface area contributed by atoms with Gasteiger partial charge in [0.25, 0.3) is 5.91 Å². The molecule has 2 aromatic rings. The number of benzene rings is 1. The topological polar surface area (TPSA) is 41.9 Å². The Morgan fingerprint density at radius 3 is 2.71 bits per heavy atom.